The Balaban J connectivity index is 1.36. The molecule has 0 aliphatic carbocycles. The summed E-state index contributed by atoms with van der Waals surface area (Å²) in [6.45, 7) is 10.1. The first-order chi connectivity index (χ1) is 19.0. The molecule has 40 heavy (non-hydrogen) atoms. The summed E-state index contributed by atoms with van der Waals surface area (Å²) < 4.78 is 43.5. The zero-order valence-electron chi connectivity index (χ0n) is 23.4. The van der Waals surface area contributed by atoms with Gasteiger partial charge in [0.1, 0.15) is 0 Å². The predicted octanol–water partition coefficient (Wildman–Crippen LogP) is 4.41. The number of carbonyl (C=O) groups excluding carboxylic acids is 1. The number of β-amino-alcohol motifs (C(OH)–C–C–N with tert-alkyl or cyclic N) is 1. The van der Waals surface area contributed by atoms with Gasteiger partial charge in [0.2, 0.25) is 5.91 Å². The smallest absolute Gasteiger partial charge is 0.390 e. The van der Waals surface area contributed by atoms with Gasteiger partial charge in [0.05, 0.1) is 29.7 Å². The van der Waals surface area contributed by atoms with E-state index < -0.39 is 17.8 Å². The Morgan fingerprint density at radius 2 is 1.88 bits per heavy atom. The minimum atomic E-state index is -4.52. The molecular formula is C29H40F3N5O2S. The lowest BCUT2D eigenvalue weighted by atomic mass is 9.82. The third-order valence-electron chi connectivity index (χ3n) is 8.44. The number of amides is 1. The van der Waals surface area contributed by atoms with Crippen molar-refractivity contribution in [3.8, 4) is 11.3 Å². The van der Waals surface area contributed by atoms with Crippen molar-refractivity contribution in [1.29, 1.82) is 0 Å². The number of aliphatic hydroxyl groups is 1. The molecule has 0 saturated carbocycles. The minimum Gasteiger partial charge on any atom is -0.390 e. The van der Waals surface area contributed by atoms with Gasteiger partial charge in [0.25, 0.3) is 0 Å². The Morgan fingerprint density at radius 3 is 2.58 bits per heavy atom. The van der Waals surface area contributed by atoms with Crippen molar-refractivity contribution in [2.24, 2.45) is 5.41 Å². The Bertz CT molecular complexity index is 1200. The SMILES string of the molecule is CC1(C)CCN(CC(O)Cn2nc(-c3ccc(C(F)(F)F)c(SCC(=O)N4CCCC4)c3)c3c2CCNC3)CC1. The van der Waals surface area contributed by atoms with E-state index in [0.717, 1.165) is 80.8 Å². The molecule has 2 N–H and O–H groups in total. The van der Waals surface area contributed by atoms with Gasteiger partial charge in [-0.05, 0) is 56.3 Å². The van der Waals surface area contributed by atoms with E-state index >= 15 is 0 Å². The molecule has 0 bridgehead atoms. The molecule has 0 radical (unpaired) electrons. The van der Waals surface area contributed by atoms with Gasteiger partial charge >= 0.3 is 6.18 Å². The second kappa shape index (κ2) is 12.0. The van der Waals surface area contributed by atoms with E-state index in [1.807, 2.05) is 4.68 Å². The maximum Gasteiger partial charge on any atom is 0.417 e. The van der Waals surface area contributed by atoms with Crippen LogP contribution in [0.3, 0.4) is 0 Å². The molecule has 2 saturated heterocycles. The zero-order valence-corrected chi connectivity index (χ0v) is 24.2. The van der Waals surface area contributed by atoms with Crippen LogP contribution in [0.5, 0.6) is 0 Å². The number of hydrogen-bond acceptors (Lipinski definition) is 6. The summed E-state index contributed by atoms with van der Waals surface area (Å²) in [5.41, 5.74) is 2.81. The summed E-state index contributed by atoms with van der Waals surface area (Å²) in [7, 11) is 0. The van der Waals surface area contributed by atoms with Crippen molar-refractivity contribution in [1.82, 2.24) is 24.9 Å². The van der Waals surface area contributed by atoms with E-state index in [0.29, 0.717) is 49.4 Å². The third kappa shape index (κ3) is 6.86. The van der Waals surface area contributed by atoms with Gasteiger partial charge in [-0.3, -0.25) is 9.48 Å². The first-order valence-corrected chi connectivity index (χ1v) is 15.3. The van der Waals surface area contributed by atoms with Gasteiger partial charge in [0, 0.05) is 60.9 Å². The first kappa shape index (κ1) is 29.4. The molecule has 220 valence electrons. The molecule has 1 amide bonds. The van der Waals surface area contributed by atoms with E-state index in [1.54, 1.807) is 4.90 Å². The van der Waals surface area contributed by atoms with E-state index in [-0.39, 0.29) is 16.6 Å². The van der Waals surface area contributed by atoms with Gasteiger partial charge in [-0.15, -0.1) is 11.8 Å². The number of alkyl halides is 3. The van der Waals surface area contributed by atoms with Gasteiger partial charge in [-0.25, -0.2) is 0 Å². The molecule has 0 spiro atoms. The quantitative estimate of drug-likeness (QED) is 0.452. The number of rotatable bonds is 8. The molecule has 11 heteroatoms. The number of halogens is 3. The molecule has 7 nitrogen and oxygen atoms in total. The molecule has 2 aromatic rings. The highest BCUT2D eigenvalue weighted by atomic mass is 32.2. The van der Waals surface area contributed by atoms with Crippen LogP contribution >= 0.6 is 11.8 Å². The first-order valence-electron chi connectivity index (χ1n) is 14.3. The highest BCUT2D eigenvalue weighted by Gasteiger charge is 2.35. The topological polar surface area (TPSA) is 73.6 Å². The fourth-order valence-corrected chi connectivity index (χ4v) is 6.93. The number of likely N-dealkylation sites (tertiary alicyclic amines) is 2. The number of aliphatic hydroxyl groups excluding tert-OH is 1. The number of thioether (sulfide) groups is 1. The Kier molecular flexibility index (Phi) is 8.85. The number of fused-ring (bicyclic) bond motifs is 1. The largest absolute Gasteiger partial charge is 0.417 e. The molecule has 5 rings (SSSR count). The average Bonchev–Trinajstić information content (AvgIpc) is 3.57. The molecule has 3 aliphatic heterocycles. The maximum atomic E-state index is 13.9. The number of carbonyl (C=O) groups is 1. The summed E-state index contributed by atoms with van der Waals surface area (Å²) in [5, 5.41) is 19.2. The van der Waals surface area contributed by atoms with Crippen LogP contribution < -0.4 is 5.32 Å². The van der Waals surface area contributed by atoms with Crippen LogP contribution in [-0.2, 0) is 30.5 Å². The molecule has 1 atom stereocenters. The average molecular weight is 580 g/mol. The van der Waals surface area contributed by atoms with E-state index in [9.17, 15) is 23.1 Å². The summed E-state index contributed by atoms with van der Waals surface area (Å²) in [4.78, 5) is 16.6. The minimum absolute atomic E-state index is 0.0273. The fourth-order valence-electron chi connectivity index (χ4n) is 5.92. The standard InChI is InChI=1S/C29H40F3N5O2S/c1-28(2)8-13-35(14-9-28)17-21(38)18-37-24-7-10-33-16-22(24)27(34-37)20-5-6-23(29(30,31)32)25(15-20)40-19-26(39)36-11-3-4-12-36/h5-6,15,21,33,38H,3-4,7-14,16-19H2,1-2H3. The highest BCUT2D eigenvalue weighted by Crippen LogP contribution is 2.40. The van der Waals surface area contributed by atoms with Crippen LogP contribution in [0, 0.1) is 5.41 Å². The van der Waals surface area contributed by atoms with E-state index in [2.05, 4.69) is 24.1 Å². The monoisotopic (exact) mass is 579 g/mol. The lowest BCUT2D eigenvalue weighted by Gasteiger charge is -2.37. The lowest BCUT2D eigenvalue weighted by molar-refractivity contribution is -0.139. The molecule has 1 aromatic heterocycles. The molecule has 3 aliphatic rings. The third-order valence-corrected chi connectivity index (χ3v) is 9.48. The zero-order chi connectivity index (χ0) is 28.5. The lowest BCUT2D eigenvalue weighted by Crippen LogP contribution is -2.42. The van der Waals surface area contributed by atoms with Crippen LogP contribution in [0.2, 0.25) is 0 Å². The van der Waals surface area contributed by atoms with E-state index in [4.69, 9.17) is 5.10 Å². The van der Waals surface area contributed by atoms with Crippen molar-refractivity contribution in [2.45, 2.75) is 76.2 Å². The van der Waals surface area contributed by atoms with E-state index in [1.165, 1.54) is 12.1 Å². The van der Waals surface area contributed by atoms with Crippen molar-refractivity contribution in [2.75, 3.05) is 45.0 Å². The number of piperidine rings is 1. The van der Waals surface area contributed by atoms with Gasteiger partial charge in [-0.2, -0.15) is 18.3 Å². The second-order valence-corrected chi connectivity index (χ2v) is 13.1. The van der Waals surface area contributed by atoms with Crippen molar-refractivity contribution in [3.05, 3.63) is 35.0 Å². The number of benzene rings is 1. The second-order valence-electron chi connectivity index (χ2n) is 12.1. The van der Waals surface area contributed by atoms with Crippen molar-refractivity contribution < 1.29 is 23.1 Å². The Hall–Kier alpha value is -2.08. The number of aromatic nitrogens is 2. The highest BCUT2D eigenvalue weighted by molar-refractivity contribution is 8.00. The van der Waals surface area contributed by atoms with Gasteiger partial charge in [0.15, 0.2) is 0 Å². The summed E-state index contributed by atoms with van der Waals surface area (Å²) >= 11 is 0.945. The number of nitrogens with zero attached hydrogens (tertiary/aromatic N) is 4. The molecule has 1 unspecified atom stereocenters. The predicted molar refractivity (Wildman–Crippen MR) is 150 cm³/mol. The van der Waals surface area contributed by atoms with Gasteiger partial charge in [-0.1, -0.05) is 19.9 Å². The molecule has 2 fully saturated rings. The van der Waals surface area contributed by atoms with Crippen molar-refractivity contribution in [3.63, 3.8) is 0 Å². The Labute approximate surface area is 238 Å². The molecule has 4 heterocycles. The summed E-state index contributed by atoms with van der Waals surface area (Å²) in [6.07, 6.45) is -0.303. The van der Waals surface area contributed by atoms with Crippen LogP contribution in [0.25, 0.3) is 11.3 Å². The summed E-state index contributed by atoms with van der Waals surface area (Å²) in [5.74, 6) is -0.154. The fraction of sp³-hybridized carbons (Fsp3) is 0.655. The molecule has 1 aromatic carbocycles. The maximum absolute atomic E-state index is 13.9. The van der Waals surface area contributed by atoms with Crippen molar-refractivity contribution >= 4 is 17.7 Å². The van der Waals surface area contributed by atoms with Crippen LogP contribution in [0.4, 0.5) is 13.2 Å². The van der Waals surface area contributed by atoms with Crippen LogP contribution in [0.15, 0.2) is 23.1 Å². The summed E-state index contributed by atoms with van der Waals surface area (Å²) in [6, 6.07) is 4.10. The number of hydrogen-bond donors (Lipinski definition) is 2. The van der Waals surface area contributed by atoms with Gasteiger partial charge < -0.3 is 20.2 Å². The number of nitrogens with one attached hydrogen (secondary N) is 1. The van der Waals surface area contributed by atoms with Crippen LogP contribution in [-0.4, -0.2) is 81.7 Å². The molecular weight excluding hydrogens is 539 g/mol. The van der Waals surface area contributed by atoms with Crippen LogP contribution in [0.1, 0.15) is 56.4 Å². The Morgan fingerprint density at radius 1 is 1.15 bits per heavy atom. The normalized spacial score (nSPS) is 20.5.